The molecular weight excluding hydrogens is 278 g/mol. The van der Waals surface area contributed by atoms with E-state index in [1.807, 2.05) is 0 Å². The molecule has 0 amide bonds. The quantitative estimate of drug-likeness (QED) is 0.681. The first-order valence-corrected chi connectivity index (χ1v) is 4.49. The Kier molecular flexibility index (Phi) is 3.64. The molecule has 0 spiro atoms. The van der Waals surface area contributed by atoms with Crippen LogP contribution in [0.5, 0.6) is 0 Å². The van der Waals surface area contributed by atoms with Crippen molar-refractivity contribution in [1.29, 1.82) is 0 Å². The lowest BCUT2D eigenvalue weighted by Crippen LogP contribution is -2.04. The number of nitro groups is 1. The molecule has 1 aromatic heterocycles. The summed E-state index contributed by atoms with van der Waals surface area (Å²) in [5, 5.41) is 19.3. The lowest BCUT2D eigenvalue weighted by molar-refractivity contribution is -0.387. The molecule has 1 heterocycles. The summed E-state index contributed by atoms with van der Waals surface area (Å²) in [6, 6.07) is 0. The highest BCUT2D eigenvalue weighted by atomic mass is 79.9. The van der Waals surface area contributed by atoms with Gasteiger partial charge in [-0.2, -0.15) is 0 Å². The van der Waals surface area contributed by atoms with Crippen molar-refractivity contribution in [1.82, 2.24) is 4.98 Å². The normalized spacial score (nSPS) is 10.7. The van der Waals surface area contributed by atoms with Crippen LogP contribution in [0, 0.1) is 10.1 Å². The number of hydrogen-bond acceptors (Lipinski definition) is 4. The Morgan fingerprint density at radius 1 is 1.67 bits per heavy atom. The van der Waals surface area contributed by atoms with E-state index in [-0.39, 0.29) is 10.2 Å². The Hall–Kier alpha value is -1.15. The maximum absolute atomic E-state index is 12.5. The molecule has 5 nitrogen and oxygen atoms in total. The number of aliphatic hydroxyl groups excluding tert-OH is 1. The van der Waals surface area contributed by atoms with Crippen molar-refractivity contribution in [3.63, 3.8) is 0 Å². The summed E-state index contributed by atoms with van der Waals surface area (Å²) in [7, 11) is 0. The molecule has 0 saturated heterocycles. The topological polar surface area (TPSA) is 76.3 Å². The molecule has 1 aromatic rings. The third-order valence-corrected chi connectivity index (χ3v) is 2.26. The van der Waals surface area contributed by atoms with Gasteiger partial charge >= 0.3 is 0 Å². The molecule has 0 radical (unpaired) electrons. The third-order valence-electron chi connectivity index (χ3n) is 1.68. The third kappa shape index (κ3) is 2.26. The van der Waals surface area contributed by atoms with E-state index in [4.69, 9.17) is 5.11 Å². The SMILES string of the molecule is O=[N+]([O-])c1c(Br)cnc(CO)c1C(F)F. The van der Waals surface area contributed by atoms with Gasteiger partial charge in [-0.3, -0.25) is 15.1 Å². The number of alkyl halides is 2. The predicted octanol–water partition coefficient (Wildman–Crippen LogP) is 2.18. The number of hydrogen-bond donors (Lipinski definition) is 1. The number of halogens is 3. The van der Waals surface area contributed by atoms with Crippen LogP contribution in [-0.4, -0.2) is 15.0 Å². The number of nitrogens with zero attached hydrogens (tertiary/aromatic N) is 2. The Morgan fingerprint density at radius 3 is 2.67 bits per heavy atom. The van der Waals surface area contributed by atoms with E-state index in [1.54, 1.807) is 0 Å². The molecule has 8 heteroatoms. The second-order valence-corrected chi connectivity index (χ2v) is 3.39. The standard InChI is InChI=1S/C7H5BrF2N2O3/c8-3-1-11-4(2-13)5(7(9)10)6(3)12(14)15/h1,7,13H,2H2. The summed E-state index contributed by atoms with van der Waals surface area (Å²) in [4.78, 5) is 13.1. The predicted molar refractivity (Wildman–Crippen MR) is 49.5 cm³/mol. The minimum absolute atomic E-state index is 0.139. The van der Waals surface area contributed by atoms with Crippen LogP contribution in [0.25, 0.3) is 0 Å². The fourth-order valence-corrected chi connectivity index (χ4v) is 1.53. The molecule has 1 rings (SSSR count). The highest BCUT2D eigenvalue weighted by Gasteiger charge is 2.29. The summed E-state index contributed by atoms with van der Waals surface area (Å²) in [6.45, 7) is -0.770. The van der Waals surface area contributed by atoms with E-state index in [0.29, 0.717) is 0 Å². The van der Waals surface area contributed by atoms with Gasteiger partial charge in [-0.05, 0) is 15.9 Å². The molecule has 1 N–H and O–H groups in total. The van der Waals surface area contributed by atoms with Gasteiger partial charge in [0.25, 0.3) is 12.1 Å². The van der Waals surface area contributed by atoms with Crippen LogP contribution in [0.1, 0.15) is 17.7 Å². The van der Waals surface area contributed by atoms with Crippen molar-refractivity contribution in [2.45, 2.75) is 13.0 Å². The first kappa shape index (κ1) is 11.9. The van der Waals surface area contributed by atoms with Crippen molar-refractivity contribution >= 4 is 21.6 Å². The molecule has 15 heavy (non-hydrogen) atoms. The summed E-state index contributed by atoms with van der Waals surface area (Å²) >= 11 is 2.76. The Balaban J connectivity index is 3.51. The zero-order chi connectivity index (χ0) is 11.6. The second kappa shape index (κ2) is 4.58. The van der Waals surface area contributed by atoms with Crippen molar-refractivity contribution in [2.75, 3.05) is 0 Å². The van der Waals surface area contributed by atoms with E-state index in [9.17, 15) is 18.9 Å². The Labute approximate surface area is 91.0 Å². The van der Waals surface area contributed by atoms with Crippen LogP contribution in [0.4, 0.5) is 14.5 Å². The monoisotopic (exact) mass is 282 g/mol. The van der Waals surface area contributed by atoms with E-state index in [0.717, 1.165) is 6.20 Å². The zero-order valence-corrected chi connectivity index (χ0v) is 8.74. The molecule has 82 valence electrons. The van der Waals surface area contributed by atoms with Crippen LogP contribution in [0.3, 0.4) is 0 Å². The molecule has 0 atom stereocenters. The summed E-state index contributed by atoms with van der Waals surface area (Å²) in [5.41, 5.74) is -2.00. The molecule has 0 saturated carbocycles. The minimum Gasteiger partial charge on any atom is -0.390 e. The average molecular weight is 283 g/mol. The minimum atomic E-state index is -3.06. The lowest BCUT2D eigenvalue weighted by atomic mass is 10.1. The fraction of sp³-hybridized carbons (Fsp3) is 0.286. The van der Waals surface area contributed by atoms with Crippen LogP contribution in [-0.2, 0) is 6.61 Å². The molecule has 0 bridgehead atoms. The molecule has 0 aliphatic heterocycles. The van der Waals surface area contributed by atoms with Crippen molar-refractivity contribution in [3.8, 4) is 0 Å². The highest BCUT2D eigenvalue weighted by Crippen LogP contribution is 2.36. The van der Waals surface area contributed by atoms with Gasteiger partial charge in [0.15, 0.2) is 0 Å². The molecular formula is C7H5BrF2N2O3. The van der Waals surface area contributed by atoms with Gasteiger partial charge in [-0.1, -0.05) is 0 Å². The van der Waals surface area contributed by atoms with Crippen molar-refractivity contribution in [2.24, 2.45) is 0 Å². The zero-order valence-electron chi connectivity index (χ0n) is 7.15. The number of pyridine rings is 1. The van der Waals surface area contributed by atoms with Crippen molar-refractivity contribution in [3.05, 3.63) is 32.0 Å². The first-order chi connectivity index (χ1) is 6.99. The van der Waals surface area contributed by atoms with Gasteiger partial charge in [0.05, 0.1) is 17.2 Å². The average Bonchev–Trinajstić information content (AvgIpc) is 2.16. The summed E-state index contributed by atoms with van der Waals surface area (Å²) in [6.07, 6.45) is -2.05. The van der Waals surface area contributed by atoms with Crippen LogP contribution in [0.2, 0.25) is 0 Å². The van der Waals surface area contributed by atoms with E-state index < -0.39 is 29.2 Å². The Morgan fingerprint density at radius 2 is 2.27 bits per heavy atom. The van der Waals surface area contributed by atoms with E-state index in [2.05, 4.69) is 20.9 Å². The second-order valence-electron chi connectivity index (χ2n) is 2.53. The molecule has 0 aliphatic carbocycles. The smallest absolute Gasteiger partial charge is 0.295 e. The van der Waals surface area contributed by atoms with Crippen molar-refractivity contribution < 1.29 is 18.8 Å². The van der Waals surface area contributed by atoms with Gasteiger partial charge in [-0.25, -0.2) is 8.78 Å². The molecule has 0 unspecified atom stereocenters. The molecule has 0 aromatic carbocycles. The van der Waals surface area contributed by atoms with E-state index >= 15 is 0 Å². The maximum Gasteiger partial charge on any atom is 0.295 e. The fourth-order valence-electron chi connectivity index (χ4n) is 1.07. The number of aromatic nitrogens is 1. The van der Waals surface area contributed by atoms with Gasteiger partial charge in [0, 0.05) is 6.20 Å². The highest BCUT2D eigenvalue weighted by molar-refractivity contribution is 9.10. The van der Waals surface area contributed by atoms with Crippen LogP contribution >= 0.6 is 15.9 Å². The van der Waals surface area contributed by atoms with Gasteiger partial charge in [0.1, 0.15) is 10.0 Å². The lowest BCUT2D eigenvalue weighted by Gasteiger charge is -2.07. The van der Waals surface area contributed by atoms with Gasteiger partial charge in [-0.15, -0.1) is 0 Å². The summed E-state index contributed by atoms with van der Waals surface area (Å²) < 4.78 is 24.9. The largest absolute Gasteiger partial charge is 0.390 e. The maximum atomic E-state index is 12.5. The molecule has 0 fully saturated rings. The van der Waals surface area contributed by atoms with E-state index in [1.165, 1.54) is 0 Å². The molecule has 0 aliphatic rings. The van der Waals surface area contributed by atoms with Gasteiger partial charge in [0.2, 0.25) is 0 Å². The van der Waals surface area contributed by atoms with Crippen LogP contribution < -0.4 is 0 Å². The number of rotatable bonds is 3. The van der Waals surface area contributed by atoms with Gasteiger partial charge < -0.3 is 5.11 Å². The Bertz CT molecular complexity index is 400. The van der Waals surface area contributed by atoms with Crippen LogP contribution in [0.15, 0.2) is 10.7 Å². The summed E-state index contributed by atoms with van der Waals surface area (Å²) in [5.74, 6) is 0. The first-order valence-electron chi connectivity index (χ1n) is 3.69. The number of aliphatic hydroxyl groups is 1.